The molecule has 130 valence electrons. The minimum Gasteiger partial charge on any atom is -0.353 e. The number of fused-ring (bicyclic) bond motifs is 1. The molecule has 4 rings (SSSR count). The van der Waals surface area contributed by atoms with Crippen molar-refractivity contribution in [1.82, 2.24) is 10.6 Å². The highest BCUT2D eigenvalue weighted by molar-refractivity contribution is 5.83. The van der Waals surface area contributed by atoms with Crippen LogP contribution in [0.15, 0.2) is 42.5 Å². The highest BCUT2D eigenvalue weighted by atomic mass is 16.2. The van der Waals surface area contributed by atoms with Crippen LogP contribution in [0.4, 0.5) is 0 Å². The van der Waals surface area contributed by atoms with Gasteiger partial charge in [-0.25, -0.2) is 0 Å². The lowest BCUT2D eigenvalue weighted by molar-refractivity contribution is -0.122. The first-order chi connectivity index (χ1) is 12.1. The molecule has 2 N–H and O–H groups in total. The van der Waals surface area contributed by atoms with Gasteiger partial charge in [-0.15, -0.1) is 0 Å². The van der Waals surface area contributed by atoms with E-state index >= 15 is 0 Å². The predicted octanol–water partition coefficient (Wildman–Crippen LogP) is 3.09. The predicted molar refractivity (Wildman–Crippen MR) is 98.2 cm³/mol. The summed E-state index contributed by atoms with van der Waals surface area (Å²) in [5, 5.41) is 8.65. The molecule has 1 aliphatic heterocycles. The van der Waals surface area contributed by atoms with Crippen molar-refractivity contribution < 1.29 is 9.59 Å². The third-order valence-corrected chi connectivity index (χ3v) is 5.36. The van der Waals surface area contributed by atoms with Crippen molar-refractivity contribution in [1.29, 1.82) is 0 Å². The number of rotatable bonds is 6. The lowest BCUT2D eigenvalue weighted by Crippen LogP contribution is -2.44. The highest BCUT2D eigenvalue weighted by Gasteiger charge is 2.38. The summed E-state index contributed by atoms with van der Waals surface area (Å²) in [4.78, 5) is 24.0. The SMILES string of the molecule is O=C(CCC1(Cc2ccc3ccccc3c2)CCC(=O)N1)NC1CC1. The van der Waals surface area contributed by atoms with E-state index in [9.17, 15) is 9.59 Å². The van der Waals surface area contributed by atoms with Gasteiger partial charge in [-0.05, 0) is 48.4 Å². The molecule has 0 bridgehead atoms. The van der Waals surface area contributed by atoms with Crippen molar-refractivity contribution in [3.63, 3.8) is 0 Å². The van der Waals surface area contributed by atoms with Crippen LogP contribution in [-0.4, -0.2) is 23.4 Å². The Morgan fingerprint density at radius 3 is 2.68 bits per heavy atom. The lowest BCUT2D eigenvalue weighted by atomic mass is 9.84. The third-order valence-electron chi connectivity index (χ3n) is 5.36. The van der Waals surface area contributed by atoms with Crippen LogP contribution in [0, 0.1) is 0 Å². The maximum absolute atomic E-state index is 12.1. The second kappa shape index (κ2) is 6.51. The molecule has 1 saturated heterocycles. The minimum absolute atomic E-state index is 0.100. The van der Waals surface area contributed by atoms with Gasteiger partial charge in [0.05, 0.1) is 0 Å². The van der Waals surface area contributed by atoms with Gasteiger partial charge in [0.1, 0.15) is 0 Å². The maximum Gasteiger partial charge on any atom is 0.220 e. The number of amides is 2. The Hall–Kier alpha value is -2.36. The van der Waals surface area contributed by atoms with E-state index in [4.69, 9.17) is 0 Å². The van der Waals surface area contributed by atoms with Gasteiger partial charge in [0.2, 0.25) is 11.8 Å². The van der Waals surface area contributed by atoms with Gasteiger partial charge in [0.25, 0.3) is 0 Å². The largest absolute Gasteiger partial charge is 0.353 e. The molecule has 1 unspecified atom stereocenters. The molecule has 1 atom stereocenters. The molecular weight excluding hydrogens is 312 g/mol. The van der Waals surface area contributed by atoms with Gasteiger partial charge in [0.15, 0.2) is 0 Å². The van der Waals surface area contributed by atoms with Crippen LogP contribution in [0.3, 0.4) is 0 Å². The van der Waals surface area contributed by atoms with Crippen LogP contribution in [0.5, 0.6) is 0 Å². The van der Waals surface area contributed by atoms with Crippen molar-refractivity contribution in [3.05, 3.63) is 48.0 Å². The molecule has 1 saturated carbocycles. The number of benzene rings is 2. The Bertz CT molecular complexity index is 812. The number of hydrogen-bond donors (Lipinski definition) is 2. The zero-order valence-corrected chi connectivity index (χ0v) is 14.4. The average molecular weight is 336 g/mol. The second-order valence-corrected chi connectivity index (χ2v) is 7.53. The molecule has 1 aliphatic carbocycles. The van der Waals surface area contributed by atoms with Gasteiger partial charge < -0.3 is 10.6 Å². The lowest BCUT2D eigenvalue weighted by Gasteiger charge is -2.29. The summed E-state index contributed by atoms with van der Waals surface area (Å²) >= 11 is 0. The van der Waals surface area contributed by atoms with Gasteiger partial charge in [-0.1, -0.05) is 42.5 Å². The molecular formula is C21H24N2O2. The number of nitrogens with one attached hydrogen (secondary N) is 2. The van der Waals surface area contributed by atoms with E-state index in [1.54, 1.807) is 0 Å². The van der Waals surface area contributed by atoms with Crippen LogP contribution in [-0.2, 0) is 16.0 Å². The zero-order valence-electron chi connectivity index (χ0n) is 14.4. The van der Waals surface area contributed by atoms with Gasteiger partial charge >= 0.3 is 0 Å². The molecule has 2 aromatic rings. The fourth-order valence-corrected chi connectivity index (χ4v) is 3.80. The van der Waals surface area contributed by atoms with Crippen LogP contribution < -0.4 is 10.6 Å². The summed E-state index contributed by atoms with van der Waals surface area (Å²) in [5.41, 5.74) is 0.920. The van der Waals surface area contributed by atoms with Crippen molar-refractivity contribution in [3.8, 4) is 0 Å². The zero-order chi connectivity index (χ0) is 17.3. The Balaban J connectivity index is 1.49. The van der Waals surface area contributed by atoms with Crippen molar-refractivity contribution >= 4 is 22.6 Å². The van der Waals surface area contributed by atoms with Crippen LogP contribution >= 0.6 is 0 Å². The molecule has 4 heteroatoms. The third kappa shape index (κ3) is 3.84. The van der Waals surface area contributed by atoms with Gasteiger partial charge in [-0.3, -0.25) is 9.59 Å². The minimum atomic E-state index is -0.291. The number of hydrogen-bond acceptors (Lipinski definition) is 2. The quantitative estimate of drug-likeness (QED) is 0.852. The van der Waals surface area contributed by atoms with Crippen molar-refractivity contribution in [2.24, 2.45) is 0 Å². The first-order valence-electron chi connectivity index (χ1n) is 9.20. The molecule has 2 amide bonds. The van der Waals surface area contributed by atoms with Gasteiger partial charge in [0, 0.05) is 24.4 Å². The van der Waals surface area contributed by atoms with E-state index in [1.165, 1.54) is 16.3 Å². The first-order valence-corrected chi connectivity index (χ1v) is 9.20. The number of carbonyl (C=O) groups excluding carboxylic acids is 2. The Kier molecular flexibility index (Phi) is 4.20. The van der Waals surface area contributed by atoms with E-state index in [1.807, 2.05) is 12.1 Å². The Morgan fingerprint density at radius 1 is 1.16 bits per heavy atom. The summed E-state index contributed by atoms with van der Waals surface area (Å²) in [7, 11) is 0. The van der Waals surface area contributed by atoms with E-state index < -0.39 is 0 Å². The van der Waals surface area contributed by atoms with Crippen molar-refractivity contribution in [2.45, 2.75) is 56.5 Å². The van der Waals surface area contributed by atoms with Crippen molar-refractivity contribution in [2.75, 3.05) is 0 Å². The van der Waals surface area contributed by atoms with E-state index in [0.29, 0.717) is 25.3 Å². The average Bonchev–Trinajstić information content (AvgIpc) is 3.35. The van der Waals surface area contributed by atoms with Crippen LogP contribution in [0.1, 0.15) is 44.1 Å². The van der Waals surface area contributed by atoms with Crippen LogP contribution in [0.2, 0.25) is 0 Å². The molecule has 1 heterocycles. The fourth-order valence-electron chi connectivity index (χ4n) is 3.80. The second-order valence-electron chi connectivity index (χ2n) is 7.53. The fraction of sp³-hybridized carbons (Fsp3) is 0.429. The monoisotopic (exact) mass is 336 g/mol. The molecule has 0 radical (unpaired) electrons. The molecule has 2 fully saturated rings. The molecule has 25 heavy (non-hydrogen) atoms. The highest BCUT2D eigenvalue weighted by Crippen LogP contribution is 2.31. The molecule has 2 aliphatic rings. The van der Waals surface area contributed by atoms with E-state index in [-0.39, 0.29) is 17.4 Å². The topological polar surface area (TPSA) is 58.2 Å². The summed E-state index contributed by atoms with van der Waals surface area (Å²) in [6.07, 6.45) is 5.51. The molecule has 0 aromatic heterocycles. The number of carbonyl (C=O) groups is 2. The Labute approximate surface area is 148 Å². The molecule has 2 aromatic carbocycles. The molecule has 4 nitrogen and oxygen atoms in total. The normalized spacial score (nSPS) is 22.8. The summed E-state index contributed by atoms with van der Waals surface area (Å²) in [6, 6.07) is 15.2. The van der Waals surface area contributed by atoms with E-state index in [2.05, 4.69) is 41.0 Å². The molecule has 0 spiro atoms. The van der Waals surface area contributed by atoms with E-state index in [0.717, 1.165) is 25.7 Å². The summed E-state index contributed by atoms with van der Waals surface area (Å²) in [6.45, 7) is 0. The van der Waals surface area contributed by atoms with Gasteiger partial charge in [-0.2, -0.15) is 0 Å². The Morgan fingerprint density at radius 2 is 1.96 bits per heavy atom. The summed E-state index contributed by atoms with van der Waals surface area (Å²) < 4.78 is 0. The smallest absolute Gasteiger partial charge is 0.220 e. The first kappa shape index (κ1) is 16.1. The maximum atomic E-state index is 12.1. The summed E-state index contributed by atoms with van der Waals surface area (Å²) in [5.74, 6) is 0.213. The van der Waals surface area contributed by atoms with Crippen LogP contribution in [0.25, 0.3) is 10.8 Å². The standard InChI is InChI=1S/C21H24N2O2/c24-19(22-18-7-8-18)9-11-21(12-10-20(25)23-21)14-15-5-6-16-3-1-2-4-17(16)13-15/h1-6,13,18H,7-12,14H2,(H,22,24)(H,23,25).